The van der Waals surface area contributed by atoms with Crippen LogP contribution in [0.25, 0.3) is 0 Å². The van der Waals surface area contributed by atoms with Gasteiger partial charge >= 0.3 is 5.97 Å². The van der Waals surface area contributed by atoms with Gasteiger partial charge in [0.15, 0.2) is 0 Å². The first kappa shape index (κ1) is 24.9. The zero-order valence-corrected chi connectivity index (χ0v) is 21.2. The van der Waals surface area contributed by atoms with Gasteiger partial charge in [-0.05, 0) is 47.9 Å². The second kappa shape index (κ2) is 9.91. The van der Waals surface area contributed by atoms with E-state index in [0.717, 1.165) is 26.5 Å². The van der Waals surface area contributed by atoms with E-state index < -0.39 is 23.4 Å². The third-order valence-electron chi connectivity index (χ3n) is 6.56. The minimum absolute atomic E-state index is 0.00628. The number of aliphatic hydroxyl groups is 1. The highest BCUT2D eigenvalue weighted by Crippen LogP contribution is 2.52. The summed E-state index contributed by atoms with van der Waals surface area (Å²) in [6.07, 6.45) is 0.442. The van der Waals surface area contributed by atoms with Crippen molar-refractivity contribution in [3.05, 3.63) is 82.9 Å². The maximum Gasteiger partial charge on any atom is 0.333 e. The van der Waals surface area contributed by atoms with Crippen molar-refractivity contribution in [1.82, 2.24) is 5.06 Å². The zero-order valence-electron chi connectivity index (χ0n) is 20.4. The summed E-state index contributed by atoms with van der Waals surface area (Å²) in [5.41, 5.74) is 1.60. The molecule has 5 rings (SSSR count). The van der Waals surface area contributed by atoms with Gasteiger partial charge < -0.3 is 19.4 Å². The summed E-state index contributed by atoms with van der Waals surface area (Å²) in [7, 11) is 3.19. The van der Waals surface area contributed by atoms with Gasteiger partial charge in [-0.25, -0.2) is 4.79 Å². The number of nitrogens with zero attached hydrogens (tertiary/aromatic N) is 1. The van der Waals surface area contributed by atoms with Crippen LogP contribution < -0.4 is 9.47 Å². The van der Waals surface area contributed by atoms with Crippen molar-refractivity contribution in [3.63, 3.8) is 0 Å². The molecule has 1 N–H and O–H groups in total. The van der Waals surface area contributed by atoms with Crippen molar-refractivity contribution in [2.75, 3.05) is 14.2 Å². The Labute approximate surface area is 218 Å². The number of benzene rings is 3. The number of fused-ring (bicyclic) bond motifs is 2. The molecule has 0 aromatic heterocycles. The molecule has 8 nitrogen and oxygen atoms in total. The first-order valence-electron chi connectivity index (χ1n) is 11.8. The molecule has 2 aliphatic rings. The van der Waals surface area contributed by atoms with Crippen LogP contribution in [0, 0.1) is 0 Å². The van der Waals surface area contributed by atoms with Crippen LogP contribution >= 0.6 is 11.8 Å². The highest BCUT2D eigenvalue weighted by atomic mass is 32.2. The van der Waals surface area contributed by atoms with Crippen LogP contribution in [-0.4, -0.2) is 42.2 Å². The van der Waals surface area contributed by atoms with Gasteiger partial charge in [-0.2, -0.15) is 0 Å². The van der Waals surface area contributed by atoms with Crippen LogP contribution in [0.4, 0.5) is 0 Å². The molecule has 2 amide bonds. The van der Waals surface area contributed by atoms with Crippen molar-refractivity contribution in [2.24, 2.45) is 0 Å². The first-order chi connectivity index (χ1) is 17.8. The third kappa shape index (κ3) is 4.56. The molecule has 2 aliphatic heterocycles. The molecule has 1 atom stereocenters. The molecular weight excluding hydrogens is 494 g/mol. The number of hydrogen-bond donors (Lipinski definition) is 1. The van der Waals surface area contributed by atoms with Crippen LogP contribution in [0.5, 0.6) is 11.5 Å². The number of carbonyl (C=O) groups is 3. The van der Waals surface area contributed by atoms with Gasteiger partial charge in [0.1, 0.15) is 17.1 Å². The van der Waals surface area contributed by atoms with E-state index in [9.17, 15) is 19.5 Å². The highest BCUT2D eigenvalue weighted by Gasteiger charge is 2.41. The average Bonchev–Trinajstić information content (AvgIpc) is 3.23. The molecule has 3 aromatic carbocycles. The molecule has 9 heteroatoms. The molecule has 0 spiro atoms. The van der Waals surface area contributed by atoms with E-state index in [1.165, 1.54) is 11.8 Å². The van der Waals surface area contributed by atoms with E-state index in [1.54, 1.807) is 14.2 Å². The standard InChI is InChI=1S/C28H25NO7S/c1-34-19-7-5-18(6-8-19)28(33)21-10-3-17(4-14-27(32)36-29-25(30)12-13-26(29)31)15-23(21)37-24-16-20(35-2)9-11-22(24)28/h3,5-11,15-16,33H,4,12-14H2,1-2H3. The number of carbonyl (C=O) groups excluding carboxylic acids is 3. The monoisotopic (exact) mass is 519 g/mol. The average molecular weight is 520 g/mol. The molecule has 1 saturated heterocycles. The Balaban J connectivity index is 1.44. The summed E-state index contributed by atoms with van der Waals surface area (Å²) >= 11 is 1.51. The Bertz CT molecular complexity index is 1370. The quantitative estimate of drug-likeness (QED) is 0.468. The zero-order chi connectivity index (χ0) is 26.2. The van der Waals surface area contributed by atoms with Crippen molar-refractivity contribution in [2.45, 2.75) is 41.1 Å². The molecule has 0 aliphatic carbocycles. The molecular formula is C28H25NO7S. The molecule has 0 radical (unpaired) electrons. The summed E-state index contributed by atoms with van der Waals surface area (Å²) in [5.74, 6) is -0.298. The number of methoxy groups -OCH3 is 2. The first-order valence-corrected chi connectivity index (χ1v) is 12.6. The van der Waals surface area contributed by atoms with Gasteiger partial charge in [0.05, 0.1) is 20.6 Å². The Hall–Kier alpha value is -3.82. The largest absolute Gasteiger partial charge is 0.497 e. The normalized spacial score (nSPS) is 18.3. The molecule has 3 aromatic rings. The predicted octanol–water partition coefficient (Wildman–Crippen LogP) is 3.99. The lowest BCUT2D eigenvalue weighted by Crippen LogP contribution is -2.32. The minimum atomic E-state index is -1.41. The molecule has 1 unspecified atom stereocenters. The number of aryl methyl sites for hydroxylation is 1. The van der Waals surface area contributed by atoms with Crippen molar-refractivity contribution >= 4 is 29.5 Å². The van der Waals surface area contributed by atoms with E-state index in [4.69, 9.17) is 14.3 Å². The lowest BCUT2D eigenvalue weighted by Gasteiger charge is -2.37. The lowest BCUT2D eigenvalue weighted by molar-refractivity contribution is -0.197. The minimum Gasteiger partial charge on any atom is -0.497 e. The SMILES string of the molecule is COc1ccc(C2(O)c3ccc(CCC(=O)ON4C(=O)CCC4=O)cc3Sc3cc(OC)ccc32)cc1. The summed E-state index contributed by atoms with van der Waals surface area (Å²) in [6.45, 7) is 0. The van der Waals surface area contributed by atoms with Crippen LogP contribution in [0.3, 0.4) is 0 Å². The number of rotatable bonds is 7. The van der Waals surface area contributed by atoms with Crippen LogP contribution in [0.2, 0.25) is 0 Å². The Morgan fingerprint density at radius 2 is 1.49 bits per heavy atom. The van der Waals surface area contributed by atoms with Crippen molar-refractivity contribution in [1.29, 1.82) is 0 Å². The second-order valence-electron chi connectivity index (χ2n) is 8.78. The lowest BCUT2D eigenvalue weighted by atomic mass is 9.79. The smallest absolute Gasteiger partial charge is 0.333 e. The number of amides is 2. The van der Waals surface area contributed by atoms with E-state index in [1.807, 2.05) is 60.7 Å². The van der Waals surface area contributed by atoms with E-state index in [0.29, 0.717) is 28.5 Å². The summed E-state index contributed by atoms with van der Waals surface area (Å²) in [5, 5.41) is 12.8. The van der Waals surface area contributed by atoms with E-state index in [-0.39, 0.29) is 19.3 Å². The fourth-order valence-electron chi connectivity index (χ4n) is 4.58. The molecule has 2 heterocycles. The van der Waals surface area contributed by atoms with Crippen molar-refractivity contribution < 1.29 is 33.8 Å². The fraction of sp³-hybridized carbons (Fsp3) is 0.250. The number of imide groups is 1. The van der Waals surface area contributed by atoms with E-state index >= 15 is 0 Å². The van der Waals surface area contributed by atoms with Gasteiger partial charge in [0, 0.05) is 33.8 Å². The number of hydroxylamine groups is 2. The van der Waals surface area contributed by atoms with Gasteiger partial charge in [0.25, 0.3) is 11.8 Å². The highest BCUT2D eigenvalue weighted by molar-refractivity contribution is 7.99. The van der Waals surface area contributed by atoms with Crippen LogP contribution in [0.1, 0.15) is 41.5 Å². The maximum absolute atomic E-state index is 12.3. The number of hydrogen-bond acceptors (Lipinski definition) is 8. The molecule has 190 valence electrons. The molecule has 0 bridgehead atoms. The number of ether oxygens (including phenoxy) is 2. The third-order valence-corrected chi connectivity index (χ3v) is 7.67. The molecule has 37 heavy (non-hydrogen) atoms. The van der Waals surface area contributed by atoms with Gasteiger partial charge in [-0.15, -0.1) is 5.06 Å². The Morgan fingerprint density at radius 1 is 0.892 bits per heavy atom. The Kier molecular flexibility index (Phi) is 6.66. The maximum atomic E-state index is 12.3. The van der Waals surface area contributed by atoms with Crippen LogP contribution in [0.15, 0.2) is 70.5 Å². The summed E-state index contributed by atoms with van der Waals surface area (Å²) in [4.78, 5) is 42.4. The van der Waals surface area contributed by atoms with Crippen molar-refractivity contribution in [3.8, 4) is 11.5 Å². The van der Waals surface area contributed by atoms with Gasteiger partial charge in [-0.3, -0.25) is 9.59 Å². The van der Waals surface area contributed by atoms with E-state index in [2.05, 4.69) is 0 Å². The van der Waals surface area contributed by atoms with Crippen LogP contribution in [-0.2, 0) is 31.2 Å². The predicted molar refractivity (Wildman–Crippen MR) is 134 cm³/mol. The second-order valence-corrected chi connectivity index (χ2v) is 9.86. The van der Waals surface area contributed by atoms with Gasteiger partial charge in [-0.1, -0.05) is 42.1 Å². The van der Waals surface area contributed by atoms with Gasteiger partial charge in [0.2, 0.25) is 0 Å². The molecule has 0 saturated carbocycles. The Morgan fingerprint density at radius 3 is 2.14 bits per heavy atom. The summed E-state index contributed by atoms with van der Waals surface area (Å²) in [6, 6.07) is 18.6. The topological polar surface area (TPSA) is 102 Å². The summed E-state index contributed by atoms with van der Waals surface area (Å²) < 4.78 is 10.7. The molecule has 1 fully saturated rings. The fourth-order valence-corrected chi connectivity index (χ4v) is 5.85.